The van der Waals surface area contributed by atoms with Crippen molar-refractivity contribution in [2.75, 3.05) is 20.1 Å². The number of rotatable bonds is 4. The standard InChI is InChI=1S/C21H25FN4O.HI/c1-23-20(26-11-9-21(15-26)7-3-8-21)25-13-16-5-6-19(18(22)12-16)27-17-4-2-10-24-14-17;/h2,4-6,10,12,14H,3,7-9,11,13,15H2,1H3,(H,23,25);1H. The molecule has 2 fully saturated rings. The number of nitrogens with zero attached hydrogens (tertiary/aromatic N) is 3. The van der Waals surface area contributed by atoms with Crippen LogP contribution in [0.4, 0.5) is 4.39 Å². The maximum Gasteiger partial charge on any atom is 0.193 e. The first-order chi connectivity index (χ1) is 13.2. The SMILES string of the molecule is CN=C(NCc1ccc(Oc2cccnc2)c(F)c1)N1CCC2(CCC2)C1.I. The van der Waals surface area contributed by atoms with Gasteiger partial charge in [0.25, 0.3) is 0 Å². The molecule has 1 aliphatic heterocycles. The minimum absolute atomic E-state index is 0. The molecular formula is C21H26FIN4O. The fourth-order valence-electron chi connectivity index (χ4n) is 3.99. The lowest BCUT2D eigenvalue weighted by atomic mass is 9.68. The summed E-state index contributed by atoms with van der Waals surface area (Å²) in [6.45, 7) is 2.66. The maximum atomic E-state index is 14.4. The van der Waals surface area contributed by atoms with E-state index in [0.29, 0.717) is 17.7 Å². The second-order valence-corrected chi connectivity index (χ2v) is 7.48. The number of ether oxygens (including phenoxy) is 1. The molecule has 1 aromatic carbocycles. The smallest absolute Gasteiger partial charge is 0.193 e. The average Bonchev–Trinajstić information content (AvgIpc) is 3.11. The molecule has 5 nitrogen and oxygen atoms in total. The molecule has 150 valence electrons. The predicted molar refractivity (Wildman–Crippen MR) is 119 cm³/mol. The second kappa shape index (κ2) is 9.07. The zero-order valence-corrected chi connectivity index (χ0v) is 18.4. The molecule has 1 aromatic heterocycles. The number of benzene rings is 1. The monoisotopic (exact) mass is 496 g/mol. The third-order valence-corrected chi connectivity index (χ3v) is 5.67. The Morgan fingerprint density at radius 2 is 2.18 bits per heavy atom. The van der Waals surface area contributed by atoms with Gasteiger partial charge in [-0.3, -0.25) is 9.98 Å². The number of nitrogens with one attached hydrogen (secondary N) is 1. The molecule has 0 bridgehead atoms. The quantitative estimate of drug-likeness (QED) is 0.383. The summed E-state index contributed by atoms with van der Waals surface area (Å²) in [6.07, 6.45) is 8.49. The third kappa shape index (κ3) is 4.56. The topological polar surface area (TPSA) is 49.8 Å². The highest BCUT2D eigenvalue weighted by atomic mass is 127. The van der Waals surface area contributed by atoms with Gasteiger partial charge in [0, 0.05) is 32.9 Å². The van der Waals surface area contributed by atoms with E-state index >= 15 is 0 Å². The largest absolute Gasteiger partial charge is 0.453 e. The summed E-state index contributed by atoms with van der Waals surface area (Å²) in [4.78, 5) is 10.7. The van der Waals surface area contributed by atoms with E-state index in [0.717, 1.165) is 24.6 Å². The van der Waals surface area contributed by atoms with Gasteiger partial charge in [-0.05, 0) is 54.5 Å². The van der Waals surface area contributed by atoms with E-state index in [4.69, 9.17) is 4.74 Å². The first-order valence-corrected chi connectivity index (χ1v) is 9.49. The summed E-state index contributed by atoms with van der Waals surface area (Å²) >= 11 is 0. The Kier molecular flexibility index (Phi) is 6.74. The van der Waals surface area contributed by atoms with Crippen molar-refractivity contribution < 1.29 is 9.13 Å². The van der Waals surface area contributed by atoms with Gasteiger partial charge in [-0.15, -0.1) is 24.0 Å². The minimum atomic E-state index is -0.386. The molecule has 1 spiro atoms. The molecule has 2 aromatic rings. The predicted octanol–water partition coefficient (Wildman–Crippen LogP) is 4.58. The molecule has 28 heavy (non-hydrogen) atoms. The molecule has 4 rings (SSSR count). The molecule has 2 aliphatic rings. The van der Waals surface area contributed by atoms with Gasteiger partial charge in [0.15, 0.2) is 17.5 Å². The van der Waals surface area contributed by atoms with Crippen molar-refractivity contribution >= 4 is 29.9 Å². The van der Waals surface area contributed by atoms with Gasteiger partial charge >= 0.3 is 0 Å². The van der Waals surface area contributed by atoms with Gasteiger partial charge in [-0.1, -0.05) is 12.5 Å². The Morgan fingerprint density at radius 3 is 2.79 bits per heavy atom. The molecule has 0 amide bonds. The van der Waals surface area contributed by atoms with Crippen molar-refractivity contribution in [3.8, 4) is 11.5 Å². The molecule has 1 aliphatic carbocycles. The van der Waals surface area contributed by atoms with Crippen molar-refractivity contribution in [1.29, 1.82) is 0 Å². The van der Waals surface area contributed by atoms with Gasteiger partial charge in [-0.25, -0.2) is 4.39 Å². The van der Waals surface area contributed by atoms with E-state index in [1.54, 1.807) is 37.6 Å². The van der Waals surface area contributed by atoms with Crippen LogP contribution in [0.5, 0.6) is 11.5 Å². The van der Waals surface area contributed by atoms with Crippen molar-refractivity contribution in [2.24, 2.45) is 10.4 Å². The lowest BCUT2D eigenvalue weighted by Crippen LogP contribution is -2.42. The highest BCUT2D eigenvalue weighted by molar-refractivity contribution is 14.0. The Hall–Kier alpha value is -1.90. The summed E-state index contributed by atoms with van der Waals surface area (Å²) in [5, 5.41) is 3.37. The van der Waals surface area contributed by atoms with Gasteiger partial charge in [0.05, 0.1) is 6.20 Å². The molecule has 1 N–H and O–H groups in total. The van der Waals surface area contributed by atoms with E-state index in [-0.39, 0.29) is 35.5 Å². The number of halogens is 2. The van der Waals surface area contributed by atoms with Crippen LogP contribution in [0.1, 0.15) is 31.2 Å². The number of pyridine rings is 1. The Morgan fingerprint density at radius 1 is 1.32 bits per heavy atom. The van der Waals surface area contributed by atoms with E-state index in [1.165, 1.54) is 31.7 Å². The summed E-state index contributed by atoms with van der Waals surface area (Å²) in [5.41, 5.74) is 1.37. The normalized spacial score (nSPS) is 17.8. The van der Waals surface area contributed by atoms with Crippen LogP contribution in [0, 0.1) is 11.2 Å². The molecule has 0 atom stereocenters. The van der Waals surface area contributed by atoms with Crippen LogP contribution in [0.15, 0.2) is 47.7 Å². The molecule has 1 saturated carbocycles. The number of hydrogen-bond donors (Lipinski definition) is 1. The van der Waals surface area contributed by atoms with Crippen molar-refractivity contribution in [3.63, 3.8) is 0 Å². The average molecular weight is 496 g/mol. The zero-order chi connectivity index (χ0) is 18.7. The highest BCUT2D eigenvalue weighted by Crippen LogP contribution is 2.47. The molecule has 7 heteroatoms. The second-order valence-electron chi connectivity index (χ2n) is 7.48. The summed E-state index contributed by atoms with van der Waals surface area (Å²) in [6, 6.07) is 8.53. The molecular weight excluding hydrogens is 470 g/mol. The summed E-state index contributed by atoms with van der Waals surface area (Å²) < 4.78 is 19.9. The van der Waals surface area contributed by atoms with E-state index in [2.05, 4.69) is 20.2 Å². The zero-order valence-electron chi connectivity index (χ0n) is 16.0. The van der Waals surface area contributed by atoms with Crippen LogP contribution in [-0.2, 0) is 6.54 Å². The summed E-state index contributed by atoms with van der Waals surface area (Å²) in [7, 11) is 1.81. The first kappa shape index (κ1) is 20.8. The van der Waals surface area contributed by atoms with Crippen molar-refractivity contribution in [3.05, 3.63) is 54.1 Å². The number of aliphatic imine (C=N–C) groups is 1. The molecule has 0 unspecified atom stereocenters. The number of guanidine groups is 1. The number of aromatic nitrogens is 1. The Labute approximate surface area is 182 Å². The van der Waals surface area contributed by atoms with Crippen LogP contribution in [0.3, 0.4) is 0 Å². The van der Waals surface area contributed by atoms with Crippen LogP contribution >= 0.6 is 24.0 Å². The Bertz CT molecular complexity index is 826. The van der Waals surface area contributed by atoms with E-state index < -0.39 is 0 Å². The molecule has 0 radical (unpaired) electrons. The number of hydrogen-bond acceptors (Lipinski definition) is 3. The highest BCUT2D eigenvalue weighted by Gasteiger charge is 2.43. The van der Waals surface area contributed by atoms with Gasteiger partial charge < -0.3 is 15.0 Å². The lowest BCUT2D eigenvalue weighted by Gasteiger charge is -2.38. The van der Waals surface area contributed by atoms with Crippen LogP contribution in [-0.4, -0.2) is 36.0 Å². The summed E-state index contributed by atoms with van der Waals surface area (Å²) in [5.74, 6) is 1.22. The van der Waals surface area contributed by atoms with Crippen molar-refractivity contribution in [2.45, 2.75) is 32.2 Å². The van der Waals surface area contributed by atoms with Crippen molar-refractivity contribution in [1.82, 2.24) is 15.2 Å². The molecule has 2 heterocycles. The first-order valence-electron chi connectivity index (χ1n) is 9.49. The molecule has 1 saturated heterocycles. The van der Waals surface area contributed by atoms with Crippen LogP contribution < -0.4 is 10.1 Å². The van der Waals surface area contributed by atoms with Gasteiger partial charge in [-0.2, -0.15) is 0 Å². The lowest BCUT2D eigenvalue weighted by molar-refractivity contribution is 0.151. The van der Waals surface area contributed by atoms with E-state index in [9.17, 15) is 4.39 Å². The van der Waals surface area contributed by atoms with Gasteiger partial charge in [0.2, 0.25) is 0 Å². The fraction of sp³-hybridized carbons (Fsp3) is 0.429. The maximum absolute atomic E-state index is 14.4. The van der Waals surface area contributed by atoms with Gasteiger partial charge in [0.1, 0.15) is 5.75 Å². The van der Waals surface area contributed by atoms with Crippen LogP contribution in [0.2, 0.25) is 0 Å². The fourth-order valence-corrected chi connectivity index (χ4v) is 3.99. The third-order valence-electron chi connectivity index (χ3n) is 5.67. The van der Waals surface area contributed by atoms with Crippen LogP contribution in [0.25, 0.3) is 0 Å². The number of likely N-dealkylation sites (tertiary alicyclic amines) is 1. The Balaban J connectivity index is 0.00000225. The minimum Gasteiger partial charge on any atom is -0.453 e. The van der Waals surface area contributed by atoms with E-state index in [1.807, 2.05) is 6.07 Å².